The van der Waals surface area contributed by atoms with Crippen LogP contribution in [0.4, 0.5) is 0 Å². The highest BCUT2D eigenvalue weighted by atomic mass is 79.9. The second-order valence-corrected chi connectivity index (χ2v) is 3.95. The molecule has 0 spiro atoms. The summed E-state index contributed by atoms with van der Waals surface area (Å²) in [5.74, 6) is -0.317. The van der Waals surface area contributed by atoms with Crippen LogP contribution in [0, 0.1) is 6.92 Å². The monoisotopic (exact) mass is 276 g/mol. The molecule has 0 aliphatic heterocycles. The molecule has 0 N–H and O–H groups in total. The second kappa shape index (κ2) is 4.80. The number of benzene rings is 1. The predicted molar refractivity (Wildman–Crippen MR) is 59.8 cm³/mol. The third-order valence-electron chi connectivity index (χ3n) is 1.83. The number of esters is 1. The molecule has 0 aliphatic carbocycles. The maximum Gasteiger partial charge on any atom is 0.338 e. The van der Waals surface area contributed by atoms with Crippen molar-refractivity contribution in [3.63, 3.8) is 0 Å². The number of rotatable bonds is 2. The molecule has 0 saturated carbocycles. The molecular weight excluding hydrogens is 267 g/mol. The molecular formula is C10H10BrClO2. The van der Waals surface area contributed by atoms with Gasteiger partial charge in [0.2, 0.25) is 0 Å². The fourth-order valence-corrected chi connectivity index (χ4v) is 1.63. The second-order valence-electron chi connectivity index (χ2n) is 2.75. The Morgan fingerprint density at radius 2 is 2.21 bits per heavy atom. The summed E-state index contributed by atoms with van der Waals surface area (Å²) in [4.78, 5) is 11.4. The fraction of sp³-hybridized carbons (Fsp3) is 0.300. The summed E-state index contributed by atoms with van der Waals surface area (Å²) in [7, 11) is 0. The SMILES string of the molecule is CCOC(=O)c1ccc(Cl)c(Br)c1C. The van der Waals surface area contributed by atoms with Gasteiger partial charge in [-0.05, 0) is 47.5 Å². The minimum Gasteiger partial charge on any atom is -0.462 e. The maximum atomic E-state index is 11.4. The number of halogens is 2. The zero-order valence-corrected chi connectivity index (χ0v) is 10.3. The van der Waals surface area contributed by atoms with E-state index in [1.165, 1.54) is 0 Å². The van der Waals surface area contributed by atoms with Gasteiger partial charge in [-0.2, -0.15) is 0 Å². The largest absolute Gasteiger partial charge is 0.462 e. The van der Waals surface area contributed by atoms with E-state index in [0.717, 1.165) is 10.0 Å². The molecule has 0 aliphatic rings. The molecule has 14 heavy (non-hydrogen) atoms. The van der Waals surface area contributed by atoms with Gasteiger partial charge in [-0.1, -0.05) is 11.6 Å². The van der Waals surface area contributed by atoms with Gasteiger partial charge < -0.3 is 4.74 Å². The Balaban J connectivity index is 3.11. The van der Waals surface area contributed by atoms with Crippen LogP contribution in [0.25, 0.3) is 0 Å². The average Bonchev–Trinajstić information content (AvgIpc) is 2.15. The quantitative estimate of drug-likeness (QED) is 0.772. The van der Waals surface area contributed by atoms with Gasteiger partial charge in [-0.25, -0.2) is 4.79 Å². The van der Waals surface area contributed by atoms with Crippen molar-refractivity contribution >= 4 is 33.5 Å². The lowest BCUT2D eigenvalue weighted by Gasteiger charge is -2.07. The fourth-order valence-electron chi connectivity index (χ4n) is 1.08. The molecule has 1 rings (SSSR count). The van der Waals surface area contributed by atoms with Crippen molar-refractivity contribution in [2.45, 2.75) is 13.8 Å². The zero-order chi connectivity index (χ0) is 10.7. The van der Waals surface area contributed by atoms with Crippen LogP contribution in [-0.4, -0.2) is 12.6 Å². The van der Waals surface area contributed by atoms with Crippen LogP contribution in [0.1, 0.15) is 22.8 Å². The molecule has 0 amide bonds. The molecule has 0 heterocycles. The Hall–Kier alpha value is -0.540. The van der Waals surface area contributed by atoms with E-state index >= 15 is 0 Å². The first-order valence-corrected chi connectivity index (χ1v) is 5.36. The standard InChI is InChI=1S/C10H10BrClO2/c1-3-14-10(13)7-4-5-8(12)9(11)6(7)2/h4-5H,3H2,1-2H3. The van der Waals surface area contributed by atoms with Crippen LogP contribution < -0.4 is 0 Å². The summed E-state index contributed by atoms with van der Waals surface area (Å²) < 4.78 is 5.64. The smallest absolute Gasteiger partial charge is 0.338 e. The van der Waals surface area contributed by atoms with E-state index in [9.17, 15) is 4.79 Å². The van der Waals surface area contributed by atoms with Crippen LogP contribution in [0.15, 0.2) is 16.6 Å². The minimum absolute atomic E-state index is 0.317. The lowest BCUT2D eigenvalue weighted by atomic mass is 10.1. The Kier molecular flexibility index (Phi) is 3.96. The normalized spacial score (nSPS) is 10.0. The molecule has 0 fully saturated rings. The van der Waals surface area contributed by atoms with Crippen LogP contribution in [0.3, 0.4) is 0 Å². The molecule has 1 aromatic carbocycles. The van der Waals surface area contributed by atoms with E-state index < -0.39 is 0 Å². The van der Waals surface area contributed by atoms with Crippen molar-refractivity contribution in [2.24, 2.45) is 0 Å². The van der Waals surface area contributed by atoms with Crippen molar-refractivity contribution in [2.75, 3.05) is 6.61 Å². The minimum atomic E-state index is -0.317. The summed E-state index contributed by atoms with van der Waals surface area (Å²) in [6.07, 6.45) is 0. The first-order valence-electron chi connectivity index (χ1n) is 4.19. The van der Waals surface area contributed by atoms with E-state index in [1.54, 1.807) is 19.1 Å². The zero-order valence-electron chi connectivity index (χ0n) is 7.93. The van der Waals surface area contributed by atoms with Gasteiger partial charge in [0.1, 0.15) is 0 Å². The molecule has 0 atom stereocenters. The van der Waals surface area contributed by atoms with E-state index in [1.807, 2.05) is 6.92 Å². The summed E-state index contributed by atoms with van der Waals surface area (Å²) in [6, 6.07) is 3.34. The van der Waals surface area contributed by atoms with E-state index in [2.05, 4.69) is 15.9 Å². The van der Waals surface area contributed by atoms with Crippen molar-refractivity contribution in [3.8, 4) is 0 Å². The number of ether oxygens (including phenoxy) is 1. The topological polar surface area (TPSA) is 26.3 Å². The number of hydrogen-bond donors (Lipinski definition) is 0. The summed E-state index contributed by atoms with van der Waals surface area (Å²) in [6.45, 7) is 3.97. The molecule has 0 unspecified atom stereocenters. The van der Waals surface area contributed by atoms with E-state index in [0.29, 0.717) is 17.2 Å². The highest BCUT2D eigenvalue weighted by molar-refractivity contribution is 9.10. The first-order chi connectivity index (χ1) is 6.57. The van der Waals surface area contributed by atoms with Crippen molar-refractivity contribution in [3.05, 3.63) is 32.8 Å². The van der Waals surface area contributed by atoms with Gasteiger partial charge in [0.05, 0.1) is 17.2 Å². The molecule has 1 aromatic rings. The predicted octanol–water partition coefficient (Wildman–Crippen LogP) is 3.59. The first kappa shape index (κ1) is 11.5. The highest BCUT2D eigenvalue weighted by Crippen LogP contribution is 2.28. The van der Waals surface area contributed by atoms with Gasteiger partial charge in [0, 0.05) is 4.47 Å². The Morgan fingerprint density at radius 1 is 1.57 bits per heavy atom. The molecule has 76 valence electrons. The Morgan fingerprint density at radius 3 is 2.79 bits per heavy atom. The van der Waals surface area contributed by atoms with Gasteiger partial charge in [-0.15, -0.1) is 0 Å². The van der Waals surface area contributed by atoms with Crippen LogP contribution in [-0.2, 0) is 4.74 Å². The van der Waals surface area contributed by atoms with Gasteiger partial charge in [0.15, 0.2) is 0 Å². The molecule has 0 saturated heterocycles. The molecule has 0 bridgehead atoms. The third-order valence-corrected chi connectivity index (χ3v) is 3.40. The van der Waals surface area contributed by atoms with Gasteiger partial charge in [-0.3, -0.25) is 0 Å². The van der Waals surface area contributed by atoms with Crippen molar-refractivity contribution in [1.29, 1.82) is 0 Å². The maximum absolute atomic E-state index is 11.4. The Labute approximate surface area is 96.3 Å². The number of carbonyl (C=O) groups is 1. The summed E-state index contributed by atoms with van der Waals surface area (Å²) in [5.41, 5.74) is 1.35. The molecule has 0 radical (unpaired) electrons. The van der Waals surface area contributed by atoms with Crippen LogP contribution >= 0.6 is 27.5 Å². The van der Waals surface area contributed by atoms with Crippen molar-refractivity contribution in [1.82, 2.24) is 0 Å². The average molecular weight is 278 g/mol. The summed E-state index contributed by atoms with van der Waals surface area (Å²) in [5, 5.41) is 0.593. The third kappa shape index (κ3) is 2.28. The highest BCUT2D eigenvalue weighted by Gasteiger charge is 2.13. The lowest BCUT2D eigenvalue weighted by Crippen LogP contribution is -2.06. The number of hydrogen-bond acceptors (Lipinski definition) is 2. The van der Waals surface area contributed by atoms with Crippen molar-refractivity contribution < 1.29 is 9.53 Å². The number of carbonyl (C=O) groups excluding carboxylic acids is 1. The van der Waals surface area contributed by atoms with Gasteiger partial charge >= 0.3 is 5.97 Å². The lowest BCUT2D eigenvalue weighted by molar-refractivity contribution is 0.0525. The van der Waals surface area contributed by atoms with Crippen LogP contribution in [0.2, 0.25) is 5.02 Å². The summed E-state index contributed by atoms with van der Waals surface area (Å²) >= 11 is 9.18. The molecule has 0 aromatic heterocycles. The Bertz CT molecular complexity index is 363. The van der Waals surface area contributed by atoms with Crippen LogP contribution in [0.5, 0.6) is 0 Å². The van der Waals surface area contributed by atoms with E-state index in [4.69, 9.17) is 16.3 Å². The van der Waals surface area contributed by atoms with E-state index in [-0.39, 0.29) is 5.97 Å². The van der Waals surface area contributed by atoms with Gasteiger partial charge in [0.25, 0.3) is 0 Å². The molecule has 2 nitrogen and oxygen atoms in total. The molecule has 4 heteroatoms.